The molecule has 1 heterocycles. The van der Waals surface area contributed by atoms with Gasteiger partial charge >= 0.3 is 0 Å². The van der Waals surface area contributed by atoms with Gasteiger partial charge in [-0.15, -0.1) is 0 Å². The molecular weight excluding hydrogens is 278 g/mol. The van der Waals surface area contributed by atoms with Crippen LogP contribution in [0.1, 0.15) is 10.4 Å². The maximum absolute atomic E-state index is 11.9. The highest BCUT2D eigenvalue weighted by molar-refractivity contribution is 6.32. The summed E-state index contributed by atoms with van der Waals surface area (Å²) in [4.78, 5) is 15.7. The first-order chi connectivity index (χ1) is 9.66. The maximum Gasteiger partial charge on any atom is 0.254 e. The van der Waals surface area contributed by atoms with E-state index in [0.717, 1.165) is 5.75 Å². The molecule has 1 amide bonds. The molecule has 2 aromatic rings. The van der Waals surface area contributed by atoms with Crippen molar-refractivity contribution in [2.75, 3.05) is 18.9 Å². The van der Waals surface area contributed by atoms with Crippen molar-refractivity contribution in [2.45, 2.75) is 0 Å². The van der Waals surface area contributed by atoms with Crippen LogP contribution in [0.3, 0.4) is 0 Å². The fraction of sp³-hybridized carbons (Fsp3) is 0.143. The first-order valence-electron chi connectivity index (χ1n) is 6.04. The summed E-state index contributed by atoms with van der Waals surface area (Å²) in [7, 11) is 0. The number of para-hydroxylation sites is 1. The Kier molecular flexibility index (Phi) is 4.79. The van der Waals surface area contributed by atoms with Gasteiger partial charge in [-0.1, -0.05) is 29.8 Å². The number of carbonyl (C=O) groups is 1. The lowest BCUT2D eigenvalue weighted by atomic mass is 10.2. The predicted octanol–water partition coefficient (Wildman–Crippen LogP) is 2.13. The van der Waals surface area contributed by atoms with E-state index in [-0.39, 0.29) is 16.6 Å². The van der Waals surface area contributed by atoms with Gasteiger partial charge < -0.3 is 15.8 Å². The highest BCUT2D eigenvalue weighted by Gasteiger charge is 2.11. The molecule has 20 heavy (non-hydrogen) atoms. The average Bonchev–Trinajstić information content (AvgIpc) is 2.47. The van der Waals surface area contributed by atoms with E-state index >= 15 is 0 Å². The molecular formula is C14H14ClN3O2. The number of aromatic nitrogens is 1. The first kappa shape index (κ1) is 14.1. The maximum atomic E-state index is 11.9. The number of ether oxygens (including phenoxy) is 1. The van der Waals surface area contributed by atoms with Crippen LogP contribution in [-0.4, -0.2) is 24.0 Å². The molecule has 1 aromatic heterocycles. The molecule has 3 N–H and O–H groups in total. The van der Waals surface area contributed by atoms with Crippen molar-refractivity contribution in [2.24, 2.45) is 0 Å². The molecule has 6 heteroatoms. The molecule has 0 aliphatic heterocycles. The van der Waals surface area contributed by atoms with Crippen molar-refractivity contribution in [3.05, 3.63) is 53.3 Å². The predicted molar refractivity (Wildman–Crippen MR) is 77.9 cm³/mol. The zero-order valence-corrected chi connectivity index (χ0v) is 11.4. The van der Waals surface area contributed by atoms with Crippen molar-refractivity contribution in [1.29, 1.82) is 0 Å². The van der Waals surface area contributed by atoms with E-state index in [4.69, 9.17) is 22.1 Å². The fourth-order valence-corrected chi connectivity index (χ4v) is 1.76. The molecule has 104 valence electrons. The minimum atomic E-state index is -0.327. The molecule has 5 nitrogen and oxygen atoms in total. The number of halogens is 1. The zero-order valence-electron chi connectivity index (χ0n) is 10.7. The number of rotatable bonds is 5. The van der Waals surface area contributed by atoms with Crippen LogP contribution in [0.4, 0.5) is 5.69 Å². The highest BCUT2D eigenvalue weighted by atomic mass is 35.5. The van der Waals surface area contributed by atoms with E-state index in [9.17, 15) is 4.79 Å². The summed E-state index contributed by atoms with van der Waals surface area (Å²) < 4.78 is 5.46. The third-order valence-electron chi connectivity index (χ3n) is 2.50. The van der Waals surface area contributed by atoms with Crippen LogP contribution in [-0.2, 0) is 0 Å². The summed E-state index contributed by atoms with van der Waals surface area (Å²) in [6.45, 7) is 0.724. The van der Waals surface area contributed by atoms with Crippen LogP contribution >= 0.6 is 11.6 Å². The van der Waals surface area contributed by atoms with Crippen LogP contribution in [0.5, 0.6) is 5.75 Å². The molecule has 0 atom stereocenters. The number of nitrogen functional groups attached to an aromatic ring is 1. The largest absolute Gasteiger partial charge is 0.492 e. The Morgan fingerprint density at radius 2 is 2.10 bits per heavy atom. The zero-order chi connectivity index (χ0) is 14.4. The molecule has 0 radical (unpaired) electrons. The summed E-state index contributed by atoms with van der Waals surface area (Å²) in [5.74, 6) is 0.428. The Morgan fingerprint density at radius 3 is 2.85 bits per heavy atom. The van der Waals surface area contributed by atoms with E-state index in [1.807, 2.05) is 30.3 Å². The number of benzene rings is 1. The van der Waals surface area contributed by atoms with Gasteiger partial charge in [0.2, 0.25) is 0 Å². The second-order valence-electron chi connectivity index (χ2n) is 4.02. The topological polar surface area (TPSA) is 77.2 Å². The smallest absolute Gasteiger partial charge is 0.254 e. The number of carbonyl (C=O) groups excluding carboxylic acids is 1. The molecule has 0 unspecified atom stereocenters. The molecule has 0 saturated carbocycles. The Balaban J connectivity index is 1.82. The van der Waals surface area contributed by atoms with E-state index < -0.39 is 0 Å². The number of nitrogens with one attached hydrogen (secondary N) is 1. The van der Waals surface area contributed by atoms with Gasteiger partial charge in [-0.05, 0) is 18.2 Å². The molecule has 0 aliphatic rings. The van der Waals surface area contributed by atoms with Crippen molar-refractivity contribution in [3.8, 4) is 5.75 Å². The molecule has 0 saturated heterocycles. The van der Waals surface area contributed by atoms with Crippen molar-refractivity contribution in [3.63, 3.8) is 0 Å². The highest BCUT2D eigenvalue weighted by Crippen LogP contribution is 2.15. The molecule has 1 aromatic carbocycles. The minimum Gasteiger partial charge on any atom is -0.492 e. The molecule has 0 bridgehead atoms. The number of pyridine rings is 1. The number of anilines is 1. The van der Waals surface area contributed by atoms with Crippen LogP contribution in [0, 0.1) is 0 Å². The SMILES string of the molecule is Nc1cnc(Cl)c(C(=O)NCCOc2ccccc2)c1. The van der Waals surface area contributed by atoms with Gasteiger partial charge in [0, 0.05) is 0 Å². The van der Waals surface area contributed by atoms with Crippen LogP contribution in [0.15, 0.2) is 42.6 Å². The number of nitrogens with two attached hydrogens (primary N) is 1. The number of hydrogen-bond donors (Lipinski definition) is 2. The van der Waals surface area contributed by atoms with Gasteiger partial charge in [0.05, 0.1) is 24.0 Å². The quantitative estimate of drug-likeness (QED) is 0.653. The van der Waals surface area contributed by atoms with E-state index in [1.54, 1.807) is 0 Å². The lowest BCUT2D eigenvalue weighted by molar-refractivity contribution is 0.0947. The monoisotopic (exact) mass is 291 g/mol. The summed E-state index contributed by atoms with van der Waals surface area (Å²) in [5, 5.41) is 2.82. The first-order valence-corrected chi connectivity index (χ1v) is 6.41. The van der Waals surface area contributed by atoms with Crippen molar-refractivity contribution >= 4 is 23.2 Å². The van der Waals surface area contributed by atoms with Crippen molar-refractivity contribution in [1.82, 2.24) is 10.3 Å². The fourth-order valence-electron chi connectivity index (χ4n) is 1.57. The van der Waals surface area contributed by atoms with Crippen LogP contribution in [0.25, 0.3) is 0 Å². The van der Waals surface area contributed by atoms with Gasteiger partial charge in [-0.2, -0.15) is 0 Å². The number of hydrogen-bond acceptors (Lipinski definition) is 4. The molecule has 2 rings (SSSR count). The van der Waals surface area contributed by atoms with E-state index in [1.165, 1.54) is 12.3 Å². The van der Waals surface area contributed by atoms with Gasteiger partial charge in [0.25, 0.3) is 5.91 Å². The normalized spacial score (nSPS) is 10.1. The lowest BCUT2D eigenvalue weighted by Crippen LogP contribution is -2.28. The Hall–Kier alpha value is -2.27. The Morgan fingerprint density at radius 1 is 1.35 bits per heavy atom. The number of amides is 1. The third kappa shape index (κ3) is 3.86. The Labute approximate surface area is 121 Å². The Bertz CT molecular complexity index is 590. The summed E-state index contributed by atoms with van der Waals surface area (Å²) in [5.41, 5.74) is 6.22. The summed E-state index contributed by atoms with van der Waals surface area (Å²) >= 11 is 5.84. The number of nitrogens with zero attached hydrogens (tertiary/aromatic N) is 1. The van der Waals surface area contributed by atoms with E-state index in [0.29, 0.717) is 18.8 Å². The van der Waals surface area contributed by atoms with E-state index in [2.05, 4.69) is 10.3 Å². The van der Waals surface area contributed by atoms with Gasteiger partial charge in [0.15, 0.2) is 0 Å². The average molecular weight is 292 g/mol. The van der Waals surface area contributed by atoms with Crippen LogP contribution in [0.2, 0.25) is 5.15 Å². The lowest BCUT2D eigenvalue weighted by Gasteiger charge is -2.08. The van der Waals surface area contributed by atoms with Crippen LogP contribution < -0.4 is 15.8 Å². The summed E-state index contributed by atoms with van der Waals surface area (Å²) in [6.07, 6.45) is 1.40. The van der Waals surface area contributed by atoms with Gasteiger partial charge in [-0.25, -0.2) is 4.98 Å². The second-order valence-corrected chi connectivity index (χ2v) is 4.38. The molecule has 0 spiro atoms. The minimum absolute atomic E-state index is 0.126. The standard InChI is InChI=1S/C14H14ClN3O2/c15-13-12(8-10(16)9-18-13)14(19)17-6-7-20-11-4-2-1-3-5-11/h1-5,8-9H,6-7,16H2,(H,17,19). The van der Waals surface area contributed by atoms with Crippen molar-refractivity contribution < 1.29 is 9.53 Å². The molecule has 0 aliphatic carbocycles. The van der Waals surface area contributed by atoms with Gasteiger partial charge in [0.1, 0.15) is 17.5 Å². The molecule has 0 fully saturated rings. The second kappa shape index (κ2) is 6.77. The summed E-state index contributed by atoms with van der Waals surface area (Å²) in [6, 6.07) is 10.9. The van der Waals surface area contributed by atoms with Gasteiger partial charge in [-0.3, -0.25) is 4.79 Å². The third-order valence-corrected chi connectivity index (χ3v) is 2.81.